The molecule has 294 valence electrons. The topological polar surface area (TPSA) is 98.8 Å². The summed E-state index contributed by atoms with van der Waals surface area (Å²) in [6, 6.07) is -0.0585. The first-order valence-electron chi connectivity index (χ1n) is 19.3. The average molecular weight is 759 g/mol. The Morgan fingerprint density at radius 2 is 0.904 bits per heavy atom. The average Bonchev–Trinajstić information content (AvgIpc) is 3.10. The molecule has 0 aromatic carbocycles. The second kappa shape index (κ2) is 35.1. The van der Waals surface area contributed by atoms with Crippen LogP contribution in [0.15, 0.2) is 74.2 Å². The van der Waals surface area contributed by atoms with Crippen LogP contribution >= 0.6 is 21.6 Å². The minimum Gasteiger partial charge on any atom is -0.349 e. The van der Waals surface area contributed by atoms with Gasteiger partial charge >= 0.3 is 0 Å². The molecule has 0 heterocycles. The monoisotopic (exact) mass is 758 g/mol. The standard InChI is InChI=1S/C42H70N4O4S2/c1-7-9-27-33-45(5)41(49)31-25-21-17-13-11-15-19-23-29-39(43-37(3)47)35-51-52-36-40(44-38(4)48)30-24-20-16-12-14-18-22-26-32-42(50)46(6)34-28-10-8-2/h7-8,23-24,27-30,33-34,39-40H,1-2,9-22,25-26,31-32,35-36H2,3-6H3,(H,43,47)(H,44,48)/t39-,40?/m1/s1. The van der Waals surface area contributed by atoms with Crippen LogP contribution in [0.25, 0.3) is 0 Å². The lowest BCUT2D eigenvalue weighted by molar-refractivity contribution is -0.128. The molecule has 0 rings (SSSR count). The van der Waals surface area contributed by atoms with E-state index in [4.69, 9.17) is 0 Å². The second-order valence-electron chi connectivity index (χ2n) is 13.2. The smallest absolute Gasteiger partial charge is 0.226 e. The van der Waals surface area contributed by atoms with Crippen molar-refractivity contribution in [2.75, 3.05) is 25.6 Å². The van der Waals surface area contributed by atoms with E-state index in [0.29, 0.717) is 12.8 Å². The summed E-state index contributed by atoms with van der Waals surface area (Å²) in [4.78, 5) is 51.2. The van der Waals surface area contributed by atoms with E-state index in [0.717, 1.165) is 101 Å². The minimum absolute atomic E-state index is 0.0292. The molecule has 0 bridgehead atoms. The van der Waals surface area contributed by atoms with Gasteiger partial charge in [0.05, 0.1) is 12.1 Å². The summed E-state index contributed by atoms with van der Waals surface area (Å²) < 4.78 is 0. The quantitative estimate of drug-likeness (QED) is 0.0393. The molecule has 1 unspecified atom stereocenters. The van der Waals surface area contributed by atoms with Gasteiger partial charge < -0.3 is 20.4 Å². The van der Waals surface area contributed by atoms with E-state index in [-0.39, 0.29) is 35.7 Å². The lowest BCUT2D eigenvalue weighted by Crippen LogP contribution is -2.34. The van der Waals surface area contributed by atoms with E-state index < -0.39 is 0 Å². The first-order valence-corrected chi connectivity index (χ1v) is 21.8. The Morgan fingerprint density at radius 3 is 1.25 bits per heavy atom. The molecule has 52 heavy (non-hydrogen) atoms. The van der Waals surface area contributed by atoms with Gasteiger partial charge in [0.15, 0.2) is 0 Å². The Labute approximate surface area is 324 Å². The van der Waals surface area contributed by atoms with Crippen LogP contribution in [0.5, 0.6) is 0 Å². The van der Waals surface area contributed by atoms with Gasteiger partial charge in [0.1, 0.15) is 0 Å². The van der Waals surface area contributed by atoms with Crippen molar-refractivity contribution >= 4 is 45.2 Å². The van der Waals surface area contributed by atoms with Gasteiger partial charge in [-0.15, -0.1) is 13.2 Å². The van der Waals surface area contributed by atoms with Crippen LogP contribution in [0, 0.1) is 0 Å². The van der Waals surface area contributed by atoms with Gasteiger partial charge in [-0.25, -0.2) is 0 Å². The molecular formula is C42H70N4O4S2. The first-order chi connectivity index (χ1) is 25.1. The van der Waals surface area contributed by atoms with Gasteiger partial charge in [-0.05, 0) is 51.4 Å². The summed E-state index contributed by atoms with van der Waals surface area (Å²) in [5, 5.41) is 6.08. The van der Waals surface area contributed by atoms with Gasteiger partial charge in [0.2, 0.25) is 23.6 Å². The fraction of sp³-hybridized carbons (Fsp3) is 0.619. The van der Waals surface area contributed by atoms with Crippen LogP contribution in [0.1, 0.15) is 129 Å². The Hall–Kier alpha value is -2.98. The summed E-state index contributed by atoms with van der Waals surface area (Å²) in [6.07, 6.45) is 37.5. The van der Waals surface area contributed by atoms with E-state index >= 15 is 0 Å². The Balaban J connectivity index is 4.22. The molecule has 8 nitrogen and oxygen atoms in total. The molecular weight excluding hydrogens is 689 g/mol. The summed E-state index contributed by atoms with van der Waals surface area (Å²) >= 11 is 0. The van der Waals surface area contributed by atoms with Crippen molar-refractivity contribution < 1.29 is 19.2 Å². The van der Waals surface area contributed by atoms with Crippen LogP contribution in [-0.4, -0.2) is 71.1 Å². The highest BCUT2D eigenvalue weighted by Gasteiger charge is 2.10. The van der Waals surface area contributed by atoms with E-state index in [9.17, 15) is 19.2 Å². The third-order valence-corrected chi connectivity index (χ3v) is 10.6. The van der Waals surface area contributed by atoms with Crippen LogP contribution in [-0.2, 0) is 19.2 Å². The fourth-order valence-electron chi connectivity index (χ4n) is 5.22. The number of hydrogen-bond donors (Lipinski definition) is 2. The predicted octanol–water partition coefficient (Wildman–Crippen LogP) is 9.83. The van der Waals surface area contributed by atoms with Gasteiger partial charge in [-0.2, -0.15) is 0 Å². The van der Waals surface area contributed by atoms with Gasteiger partial charge in [0.25, 0.3) is 0 Å². The molecule has 0 aliphatic rings. The molecule has 0 saturated heterocycles. The zero-order valence-electron chi connectivity index (χ0n) is 32.8. The number of carbonyl (C=O) groups is 4. The number of allylic oxidation sites excluding steroid dienone is 6. The van der Waals surface area contributed by atoms with Crippen LogP contribution in [0.2, 0.25) is 0 Å². The van der Waals surface area contributed by atoms with Gasteiger partial charge in [-0.3, -0.25) is 19.2 Å². The maximum Gasteiger partial charge on any atom is 0.226 e. The van der Waals surface area contributed by atoms with Gasteiger partial charge in [-0.1, -0.05) is 122 Å². The molecule has 4 amide bonds. The van der Waals surface area contributed by atoms with Crippen molar-refractivity contribution in [1.82, 2.24) is 20.4 Å². The zero-order chi connectivity index (χ0) is 38.7. The summed E-state index contributed by atoms with van der Waals surface area (Å²) in [7, 11) is 7.03. The van der Waals surface area contributed by atoms with Crippen molar-refractivity contribution in [2.45, 2.75) is 142 Å². The van der Waals surface area contributed by atoms with Gasteiger partial charge in [0, 0.05) is 64.7 Å². The molecule has 2 N–H and O–H groups in total. The van der Waals surface area contributed by atoms with Crippen molar-refractivity contribution in [3.63, 3.8) is 0 Å². The summed E-state index contributed by atoms with van der Waals surface area (Å²) in [5.41, 5.74) is 0. The highest BCUT2D eigenvalue weighted by atomic mass is 33.1. The molecule has 0 saturated carbocycles. The number of nitrogens with zero attached hydrogens (tertiary/aromatic N) is 2. The van der Waals surface area contributed by atoms with Crippen LogP contribution in [0.3, 0.4) is 0 Å². The van der Waals surface area contributed by atoms with Crippen molar-refractivity contribution in [1.29, 1.82) is 0 Å². The highest BCUT2D eigenvalue weighted by molar-refractivity contribution is 8.76. The van der Waals surface area contributed by atoms with Crippen molar-refractivity contribution in [3.8, 4) is 0 Å². The first kappa shape index (κ1) is 49.0. The number of amides is 4. The molecule has 0 aromatic heterocycles. The van der Waals surface area contributed by atoms with E-state index in [2.05, 4.69) is 48.1 Å². The Morgan fingerprint density at radius 1 is 0.558 bits per heavy atom. The molecule has 0 aromatic rings. The van der Waals surface area contributed by atoms with Crippen molar-refractivity contribution in [2.24, 2.45) is 0 Å². The molecule has 0 spiro atoms. The lowest BCUT2D eigenvalue weighted by atomic mass is 10.1. The number of carbonyl (C=O) groups excluding carboxylic acids is 4. The number of hydrogen-bond acceptors (Lipinski definition) is 6. The summed E-state index contributed by atoms with van der Waals surface area (Å²) in [6.45, 7) is 10.5. The highest BCUT2D eigenvalue weighted by Crippen LogP contribution is 2.24. The number of rotatable bonds is 33. The second-order valence-corrected chi connectivity index (χ2v) is 15.7. The largest absolute Gasteiger partial charge is 0.349 e. The zero-order valence-corrected chi connectivity index (χ0v) is 34.5. The molecule has 0 aliphatic heterocycles. The Bertz CT molecular complexity index is 1040. The number of unbranched alkanes of at least 4 members (excludes halogenated alkanes) is 12. The molecule has 0 radical (unpaired) electrons. The van der Waals surface area contributed by atoms with Crippen molar-refractivity contribution in [3.05, 3.63) is 74.2 Å². The molecule has 10 heteroatoms. The number of nitrogens with one attached hydrogen (secondary N) is 2. The van der Waals surface area contributed by atoms with E-state index in [1.807, 2.05) is 36.7 Å². The predicted molar refractivity (Wildman–Crippen MR) is 226 cm³/mol. The molecule has 0 aliphatic carbocycles. The summed E-state index contributed by atoms with van der Waals surface area (Å²) in [5.74, 6) is 1.75. The third-order valence-electron chi connectivity index (χ3n) is 8.17. The Kier molecular flexibility index (Phi) is 33.1. The van der Waals surface area contributed by atoms with E-state index in [1.54, 1.807) is 59.3 Å². The lowest BCUT2D eigenvalue weighted by Gasteiger charge is -2.16. The van der Waals surface area contributed by atoms with Crippen LogP contribution < -0.4 is 10.6 Å². The molecule has 0 fully saturated rings. The normalized spacial score (nSPS) is 12.8. The SMILES string of the molecule is C=CCC=CN(C)C(=O)CCCCCCCCC=CC(CSSC[C@@H](C=CCCCCCCCCC(=O)N(C)C=CCC=C)NC(C)=O)NC(C)=O. The maximum atomic E-state index is 12.1. The fourth-order valence-corrected chi connectivity index (χ4v) is 7.55. The minimum atomic E-state index is -0.0390. The van der Waals surface area contributed by atoms with E-state index in [1.165, 1.54) is 12.8 Å². The van der Waals surface area contributed by atoms with Crippen LogP contribution in [0.4, 0.5) is 0 Å². The molecule has 2 atom stereocenters. The maximum absolute atomic E-state index is 12.1. The third kappa shape index (κ3) is 31.7.